The molecule has 220 valence electrons. The number of halogens is 3. The fraction of sp³-hybridized carbons (Fsp3) is 0.333. The lowest BCUT2D eigenvalue weighted by molar-refractivity contribution is -0.139. The van der Waals surface area contributed by atoms with Crippen LogP contribution in [0.3, 0.4) is 0 Å². The van der Waals surface area contributed by atoms with Crippen LogP contribution in [-0.4, -0.2) is 44.3 Å². The quantitative estimate of drug-likeness (QED) is 0.255. The molecule has 3 aromatic rings. The maximum atomic E-state index is 14.1. The van der Waals surface area contributed by atoms with Crippen LogP contribution < -0.4 is 9.62 Å². The van der Waals surface area contributed by atoms with Gasteiger partial charge in [-0.1, -0.05) is 72.4 Å². The number of anilines is 1. The number of benzene rings is 3. The van der Waals surface area contributed by atoms with Crippen molar-refractivity contribution in [3.63, 3.8) is 0 Å². The molecule has 0 saturated carbocycles. The molecule has 1 N–H and O–H groups in total. The lowest BCUT2D eigenvalue weighted by Gasteiger charge is -2.33. The van der Waals surface area contributed by atoms with Crippen molar-refractivity contribution >= 4 is 62.3 Å². The molecule has 2 amide bonds. The van der Waals surface area contributed by atoms with Crippen LogP contribution in [0.15, 0.2) is 65.6 Å². The fourth-order valence-corrected chi connectivity index (χ4v) is 6.36. The van der Waals surface area contributed by atoms with Crippen LogP contribution in [0.2, 0.25) is 15.1 Å². The third-order valence-electron chi connectivity index (χ3n) is 6.56. The Kier molecular flexibility index (Phi) is 11.1. The molecule has 0 aromatic heterocycles. The van der Waals surface area contributed by atoms with Crippen LogP contribution in [0, 0.1) is 19.8 Å². The molecule has 0 aliphatic heterocycles. The maximum Gasteiger partial charge on any atom is 0.264 e. The number of hydrogen-bond acceptors (Lipinski definition) is 4. The minimum Gasteiger partial charge on any atom is -0.354 e. The number of sulfonamides is 1. The average Bonchev–Trinajstić information content (AvgIpc) is 2.90. The topological polar surface area (TPSA) is 86.8 Å². The number of carbonyl (C=O) groups excluding carboxylic acids is 2. The molecule has 0 heterocycles. The van der Waals surface area contributed by atoms with Gasteiger partial charge in [-0.3, -0.25) is 13.9 Å². The molecular formula is C30H34Cl3N3O4S. The Morgan fingerprint density at radius 2 is 1.51 bits per heavy atom. The number of amides is 2. The van der Waals surface area contributed by atoms with Crippen LogP contribution >= 0.6 is 34.8 Å². The first kappa shape index (κ1) is 32.7. The van der Waals surface area contributed by atoms with E-state index in [-0.39, 0.29) is 29.0 Å². The standard InChI is InChI=1S/C30H34Cl3N3O4S/c1-19(2)16-34-30(38)22(5)35(17-25-26(32)7-6-8-27(25)33)29(37)18-36(28-14-11-23(31)15-21(28)4)41(39,40)24-12-9-20(3)10-13-24/h6-15,19,22H,16-18H2,1-5H3,(H,34,38). The van der Waals surface area contributed by atoms with Crippen molar-refractivity contribution in [1.82, 2.24) is 10.2 Å². The van der Waals surface area contributed by atoms with E-state index in [0.29, 0.717) is 32.7 Å². The van der Waals surface area contributed by atoms with E-state index >= 15 is 0 Å². The van der Waals surface area contributed by atoms with Crippen LogP contribution in [0.1, 0.15) is 37.5 Å². The molecule has 0 saturated heterocycles. The maximum absolute atomic E-state index is 14.1. The summed E-state index contributed by atoms with van der Waals surface area (Å²) in [6.45, 7) is 8.80. The van der Waals surface area contributed by atoms with Crippen LogP contribution in [-0.2, 0) is 26.2 Å². The van der Waals surface area contributed by atoms with Gasteiger partial charge in [0.15, 0.2) is 0 Å². The average molecular weight is 639 g/mol. The second-order valence-electron chi connectivity index (χ2n) is 10.3. The van der Waals surface area contributed by atoms with Crippen molar-refractivity contribution in [3.8, 4) is 0 Å². The Hall–Kier alpha value is -2.78. The highest BCUT2D eigenvalue weighted by atomic mass is 35.5. The van der Waals surface area contributed by atoms with Gasteiger partial charge in [0, 0.05) is 33.7 Å². The van der Waals surface area contributed by atoms with Crippen molar-refractivity contribution in [1.29, 1.82) is 0 Å². The predicted octanol–water partition coefficient (Wildman–Crippen LogP) is 6.65. The summed E-state index contributed by atoms with van der Waals surface area (Å²) in [7, 11) is -4.20. The Morgan fingerprint density at radius 3 is 2.07 bits per heavy atom. The van der Waals surface area contributed by atoms with Gasteiger partial charge in [0.05, 0.1) is 10.6 Å². The summed E-state index contributed by atoms with van der Waals surface area (Å²) in [5.41, 5.74) is 2.18. The van der Waals surface area contributed by atoms with Gasteiger partial charge in [-0.05, 0) is 74.7 Å². The summed E-state index contributed by atoms with van der Waals surface area (Å²) >= 11 is 19.0. The van der Waals surface area contributed by atoms with Crippen LogP contribution in [0.5, 0.6) is 0 Å². The summed E-state index contributed by atoms with van der Waals surface area (Å²) in [4.78, 5) is 28.5. The molecule has 3 aromatic carbocycles. The molecule has 0 fully saturated rings. The third-order valence-corrected chi connectivity index (χ3v) is 9.27. The molecule has 7 nitrogen and oxygen atoms in total. The van der Waals surface area contributed by atoms with Gasteiger partial charge in [0.25, 0.3) is 10.0 Å². The zero-order valence-corrected chi connectivity index (χ0v) is 26.7. The Bertz CT molecular complexity index is 1490. The second-order valence-corrected chi connectivity index (χ2v) is 13.4. The molecule has 0 radical (unpaired) electrons. The first-order valence-corrected chi connectivity index (χ1v) is 15.7. The van der Waals surface area contributed by atoms with Crippen molar-refractivity contribution < 1.29 is 18.0 Å². The molecule has 0 spiro atoms. The lowest BCUT2D eigenvalue weighted by Crippen LogP contribution is -2.51. The van der Waals surface area contributed by atoms with Crippen molar-refractivity contribution in [2.45, 2.75) is 52.1 Å². The van der Waals surface area contributed by atoms with Crippen molar-refractivity contribution in [3.05, 3.63) is 92.4 Å². The van der Waals surface area contributed by atoms with E-state index < -0.39 is 28.5 Å². The number of aryl methyl sites for hydroxylation is 2. The highest BCUT2D eigenvalue weighted by Crippen LogP contribution is 2.31. The molecule has 0 bridgehead atoms. The van der Waals surface area contributed by atoms with Crippen LogP contribution in [0.25, 0.3) is 0 Å². The number of nitrogens with one attached hydrogen (secondary N) is 1. The molecule has 0 aliphatic rings. The van der Waals surface area contributed by atoms with E-state index in [4.69, 9.17) is 34.8 Å². The summed E-state index contributed by atoms with van der Waals surface area (Å²) in [6.07, 6.45) is 0. The van der Waals surface area contributed by atoms with Gasteiger partial charge in [-0.15, -0.1) is 0 Å². The zero-order valence-electron chi connectivity index (χ0n) is 23.6. The summed E-state index contributed by atoms with van der Waals surface area (Å²) in [5.74, 6) is -0.805. The number of nitrogens with zero attached hydrogens (tertiary/aromatic N) is 2. The zero-order chi connectivity index (χ0) is 30.5. The second kappa shape index (κ2) is 13.9. The first-order valence-electron chi connectivity index (χ1n) is 13.1. The number of rotatable bonds is 11. The van der Waals surface area contributed by atoms with Crippen molar-refractivity contribution in [2.75, 3.05) is 17.4 Å². The SMILES string of the molecule is Cc1ccc(S(=O)(=O)N(CC(=O)N(Cc2c(Cl)cccc2Cl)C(C)C(=O)NCC(C)C)c2ccc(Cl)cc2C)cc1. The number of hydrogen-bond donors (Lipinski definition) is 1. The Balaban J connectivity index is 2.09. The smallest absolute Gasteiger partial charge is 0.264 e. The molecule has 1 unspecified atom stereocenters. The van der Waals surface area contributed by atoms with Crippen LogP contribution in [0.4, 0.5) is 5.69 Å². The van der Waals surface area contributed by atoms with Gasteiger partial charge in [0.1, 0.15) is 12.6 Å². The highest BCUT2D eigenvalue weighted by Gasteiger charge is 2.33. The molecule has 11 heteroatoms. The van der Waals surface area contributed by atoms with Crippen molar-refractivity contribution in [2.24, 2.45) is 5.92 Å². The first-order chi connectivity index (χ1) is 19.2. The number of carbonyl (C=O) groups is 2. The summed E-state index contributed by atoms with van der Waals surface area (Å²) < 4.78 is 29.0. The van der Waals surface area contributed by atoms with E-state index in [0.717, 1.165) is 9.87 Å². The van der Waals surface area contributed by atoms with Gasteiger partial charge >= 0.3 is 0 Å². The Labute approximate surface area is 257 Å². The normalized spacial score (nSPS) is 12.2. The monoisotopic (exact) mass is 637 g/mol. The molecule has 41 heavy (non-hydrogen) atoms. The van der Waals surface area contributed by atoms with E-state index in [1.165, 1.54) is 17.0 Å². The molecule has 0 aliphatic carbocycles. The predicted molar refractivity (Wildman–Crippen MR) is 166 cm³/mol. The van der Waals surface area contributed by atoms with E-state index in [1.54, 1.807) is 62.4 Å². The minimum atomic E-state index is -4.20. The Morgan fingerprint density at radius 1 is 0.902 bits per heavy atom. The largest absolute Gasteiger partial charge is 0.354 e. The van der Waals surface area contributed by atoms with Gasteiger partial charge in [-0.2, -0.15) is 0 Å². The highest BCUT2D eigenvalue weighted by molar-refractivity contribution is 7.92. The van der Waals surface area contributed by atoms with Gasteiger partial charge in [0.2, 0.25) is 11.8 Å². The lowest BCUT2D eigenvalue weighted by atomic mass is 10.1. The third kappa shape index (κ3) is 8.16. The molecule has 1 atom stereocenters. The van der Waals surface area contributed by atoms with Gasteiger partial charge < -0.3 is 10.2 Å². The summed E-state index contributed by atoms with van der Waals surface area (Å²) in [6, 6.07) is 15.1. The van der Waals surface area contributed by atoms with E-state index in [2.05, 4.69) is 5.32 Å². The fourth-order valence-electron chi connectivity index (χ4n) is 4.14. The molecular weight excluding hydrogens is 605 g/mol. The van der Waals surface area contributed by atoms with E-state index in [9.17, 15) is 18.0 Å². The van der Waals surface area contributed by atoms with Gasteiger partial charge in [-0.25, -0.2) is 8.42 Å². The summed E-state index contributed by atoms with van der Waals surface area (Å²) in [5, 5.41) is 3.92. The minimum absolute atomic E-state index is 0.0219. The molecule has 3 rings (SSSR count). The van der Waals surface area contributed by atoms with E-state index in [1.807, 2.05) is 20.8 Å².